The van der Waals surface area contributed by atoms with E-state index in [9.17, 15) is 26.8 Å². The molecule has 23 heavy (non-hydrogen) atoms. The molecule has 0 unspecified atom stereocenters. The molecule has 0 radical (unpaired) electrons. The van der Waals surface area contributed by atoms with Crippen LogP contribution in [0.5, 0.6) is 0 Å². The summed E-state index contributed by atoms with van der Waals surface area (Å²) < 4.78 is 47.0. The quantitative estimate of drug-likeness (QED) is 0.872. The van der Waals surface area contributed by atoms with Crippen molar-refractivity contribution >= 4 is 21.7 Å². The van der Waals surface area contributed by atoms with Crippen LogP contribution in [0.3, 0.4) is 0 Å². The van der Waals surface area contributed by atoms with Gasteiger partial charge in [0.25, 0.3) is 5.91 Å². The highest BCUT2D eigenvalue weighted by atomic mass is 32.2. The highest BCUT2D eigenvalue weighted by Crippen LogP contribution is 2.21. The molecule has 0 aromatic heterocycles. The number of aliphatic carboxylic acids is 1. The minimum atomic E-state index is -4.53. The number of hydrogen-bond acceptors (Lipinski definition) is 4. The maximum absolute atomic E-state index is 12.3. The van der Waals surface area contributed by atoms with Crippen molar-refractivity contribution in [2.24, 2.45) is 0 Å². The molecule has 1 aliphatic heterocycles. The highest BCUT2D eigenvalue weighted by Gasteiger charge is 2.34. The first-order valence-corrected chi connectivity index (χ1v) is 8.56. The zero-order chi connectivity index (χ0) is 17.2. The molecule has 1 aromatic carbocycles. The van der Waals surface area contributed by atoms with E-state index < -0.39 is 39.3 Å². The summed E-state index contributed by atoms with van der Waals surface area (Å²) in [5.74, 6) is -5.82. The fourth-order valence-corrected chi connectivity index (χ4v) is 3.25. The average Bonchev–Trinajstić information content (AvgIpc) is 2.96. The van der Waals surface area contributed by atoms with E-state index in [0.29, 0.717) is 19.4 Å². The molecule has 1 amide bonds. The fraction of sp³-hybridized carbons (Fsp3) is 0.429. The number of likely N-dealkylation sites (tertiary alicyclic amines) is 1. The van der Waals surface area contributed by atoms with Gasteiger partial charge in [0.2, 0.25) is 9.84 Å². The second-order valence-corrected chi connectivity index (χ2v) is 7.23. The number of sulfone groups is 1. The summed E-state index contributed by atoms with van der Waals surface area (Å²) in [5.41, 5.74) is 0.328. The second kappa shape index (κ2) is 6.61. The van der Waals surface area contributed by atoms with Crippen LogP contribution >= 0.6 is 0 Å². The predicted octanol–water partition coefficient (Wildman–Crippen LogP) is 1.51. The third kappa shape index (κ3) is 3.84. The molecule has 0 spiro atoms. The van der Waals surface area contributed by atoms with Crippen molar-refractivity contribution in [1.29, 1.82) is 0 Å². The van der Waals surface area contributed by atoms with Crippen molar-refractivity contribution < 1.29 is 31.9 Å². The Balaban J connectivity index is 2.13. The minimum absolute atomic E-state index is 0.137. The Labute approximate surface area is 131 Å². The summed E-state index contributed by atoms with van der Waals surface area (Å²) in [6.07, 6.45) is 0.971. The maximum atomic E-state index is 12.3. The van der Waals surface area contributed by atoms with Crippen molar-refractivity contribution in [2.75, 3.05) is 6.54 Å². The summed E-state index contributed by atoms with van der Waals surface area (Å²) in [6, 6.07) is 4.31. The van der Waals surface area contributed by atoms with Crippen LogP contribution < -0.4 is 0 Å². The average molecular weight is 347 g/mol. The van der Waals surface area contributed by atoms with Gasteiger partial charge in [-0.15, -0.1) is 0 Å². The van der Waals surface area contributed by atoms with Gasteiger partial charge in [0.05, 0.1) is 5.75 Å². The van der Waals surface area contributed by atoms with E-state index in [-0.39, 0.29) is 11.1 Å². The minimum Gasteiger partial charge on any atom is -0.480 e. The molecule has 0 bridgehead atoms. The van der Waals surface area contributed by atoms with E-state index >= 15 is 0 Å². The maximum Gasteiger partial charge on any atom is 0.337 e. The van der Waals surface area contributed by atoms with Gasteiger partial charge in [-0.25, -0.2) is 13.2 Å². The van der Waals surface area contributed by atoms with Gasteiger partial charge in [0, 0.05) is 12.1 Å². The Morgan fingerprint density at radius 2 is 1.87 bits per heavy atom. The topological polar surface area (TPSA) is 91.8 Å². The molecule has 9 heteroatoms. The number of hydrogen-bond donors (Lipinski definition) is 1. The molecule has 1 saturated heterocycles. The standard InChI is InChI=1S/C14H15F2NO5S/c15-14(16)23(21,22)8-9-3-5-10(6-4-9)12(18)17-7-1-2-11(17)13(19)20/h3-6,11,14H,1-2,7-8H2,(H,19,20)/t11-/m0/s1. The molecular formula is C14H15F2NO5S. The third-order valence-electron chi connectivity index (χ3n) is 3.64. The molecule has 6 nitrogen and oxygen atoms in total. The van der Waals surface area contributed by atoms with Gasteiger partial charge in [0.1, 0.15) is 6.04 Å². The van der Waals surface area contributed by atoms with Gasteiger partial charge in [-0.05, 0) is 30.5 Å². The van der Waals surface area contributed by atoms with E-state index in [4.69, 9.17) is 5.11 Å². The predicted molar refractivity (Wildman–Crippen MR) is 76.8 cm³/mol. The monoisotopic (exact) mass is 347 g/mol. The summed E-state index contributed by atoms with van der Waals surface area (Å²) in [6.45, 7) is 0.331. The number of rotatable bonds is 5. The first-order valence-electron chi connectivity index (χ1n) is 6.85. The lowest BCUT2D eigenvalue weighted by Gasteiger charge is -2.21. The number of benzene rings is 1. The molecule has 1 heterocycles. The van der Waals surface area contributed by atoms with Crippen LogP contribution in [0.2, 0.25) is 0 Å². The third-order valence-corrected chi connectivity index (χ3v) is 4.92. The molecule has 126 valence electrons. The van der Waals surface area contributed by atoms with E-state index in [1.54, 1.807) is 0 Å². The summed E-state index contributed by atoms with van der Waals surface area (Å²) in [5, 5.41) is 9.07. The number of carbonyl (C=O) groups excluding carboxylic acids is 1. The Hall–Kier alpha value is -2.03. The van der Waals surface area contributed by atoms with Crippen LogP contribution in [-0.4, -0.2) is 48.6 Å². The lowest BCUT2D eigenvalue weighted by molar-refractivity contribution is -0.141. The van der Waals surface area contributed by atoms with Crippen LogP contribution in [-0.2, 0) is 20.4 Å². The van der Waals surface area contributed by atoms with Crippen LogP contribution in [0, 0.1) is 0 Å². The van der Waals surface area contributed by atoms with E-state index in [2.05, 4.69) is 0 Å². The van der Waals surface area contributed by atoms with Gasteiger partial charge in [-0.1, -0.05) is 12.1 Å². The normalized spacial score (nSPS) is 18.4. The molecule has 1 atom stereocenters. The van der Waals surface area contributed by atoms with Gasteiger partial charge in [-0.2, -0.15) is 8.78 Å². The van der Waals surface area contributed by atoms with Gasteiger partial charge in [-0.3, -0.25) is 4.79 Å². The fourth-order valence-electron chi connectivity index (χ4n) is 2.47. The Morgan fingerprint density at radius 1 is 1.26 bits per heavy atom. The lowest BCUT2D eigenvalue weighted by atomic mass is 10.1. The van der Waals surface area contributed by atoms with Gasteiger partial charge in [0.15, 0.2) is 0 Å². The molecule has 1 N–H and O–H groups in total. The van der Waals surface area contributed by atoms with E-state index in [1.165, 1.54) is 29.2 Å². The molecule has 2 rings (SSSR count). The molecular weight excluding hydrogens is 332 g/mol. The van der Waals surface area contributed by atoms with Crippen molar-refractivity contribution in [3.63, 3.8) is 0 Å². The summed E-state index contributed by atoms with van der Waals surface area (Å²) >= 11 is 0. The van der Waals surface area contributed by atoms with Crippen LogP contribution in [0.15, 0.2) is 24.3 Å². The first-order chi connectivity index (χ1) is 10.7. The number of carboxylic acids is 1. The number of carbonyl (C=O) groups is 2. The Morgan fingerprint density at radius 3 is 2.39 bits per heavy atom. The lowest BCUT2D eigenvalue weighted by Crippen LogP contribution is -2.40. The second-order valence-electron chi connectivity index (χ2n) is 5.26. The van der Waals surface area contributed by atoms with Crippen molar-refractivity contribution in [3.05, 3.63) is 35.4 Å². The number of halogens is 2. The SMILES string of the molecule is O=C(O)[C@@H]1CCCN1C(=O)c1ccc(CS(=O)(=O)C(F)F)cc1. The van der Waals surface area contributed by atoms with Crippen molar-refractivity contribution in [3.8, 4) is 0 Å². The summed E-state index contributed by atoms with van der Waals surface area (Å²) in [4.78, 5) is 24.6. The molecule has 1 fully saturated rings. The van der Waals surface area contributed by atoms with Gasteiger partial charge < -0.3 is 10.0 Å². The number of alkyl halides is 2. The van der Waals surface area contributed by atoms with Crippen molar-refractivity contribution in [2.45, 2.75) is 30.4 Å². The highest BCUT2D eigenvalue weighted by molar-refractivity contribution is 7.90. The van der Waals surface area contributed by atoms with E-state index in [0.717, 1.165) is 0 Å². The van der Waals surface area contributed by atoms with Crippen LogP contribution in [0.1, 0.15) is 28.8 Å². The van der Waals surface area contributed by atoms with Crippen LogP contribution in [0.25, 0.3) is 0 Å². The number of amides is 1. The zero-order valence-corrected chi connectivity index (χ0v) is 12.8. The van der Waals surface area contributed by atoms with Crippen LogP contribution in [0.4, 0.5) is 8.78 Å². The van der Waals surface area contributed by atoms with Crippen molar-refractivity contribution in [1.82, 2.24) is 4.90 Å². The molecule has 0 saturated carbocycles. The first kappa shape index (κ1) is 17.3. The molecule has 1 aromatic rings. The smallest absolute Gasteiger partial charge is 0.337 e. The van der Waals surface area contributed by atoms with Gasteiger partial charge >= 0.3 is 11.7 Å². The Kier molecular flexibility index (Phi) is 4.98. The molecule has 0 aliphatic carbocycles. The number of carboxylic acid groups (broad SMARTS) is 1. The van der Waals surface area contributed by atoms with E-state index in [1.807, 2.05) is 0 Å². The summed E-state index contributed by atoms with van der Waals surface area (Å²) in [7, 11) is -4.53. The largest absolute Gasteiger partial charge is 0.480 e. The zero-order valence-electron chi connectivity index (χ0n) is 12.0. The Bertz CT molecular complexity index is 702. The number of nitrogens with zero attached hydrogens (tertiary/aromatic N) is 1. The molecule has 1 aliphatic rings.